The predicted octanol–water partition coefficient (Wildman–Crippen LogP) is 2.15. The molecule has 0 atom stereocenters. The number of piperidine rings is 1. The number of ether oxygens (including phenoxy) is 1. The van der Waals surface area contributed by atoms with Crippen molar-refractivity contribution < 1.29 is 31.2 Å². The van der Waals surface area contributed by atoms with Gasteiger partial charge < -0.3 is 18.9 Å². The van der Waals surface area contributed by atoms with Crippen LogP contribution in [0.5, 0.6) is 0 Å². The minimum Gasteiger partial charge on any atom is -0.444 e. The number of aromatic nitrogens is 3. The summed E-state index contributed by atoms with van der Waals surface area (Å²) in [6.45, 7) is 4.24. The molecule has 0 saturated carbocycles. The highest BCUT2D eigenvalue weighted by Gasteiger charge is 2.53. The van der Waals surface area contributed by atoms with Gasteiger partial charge in [-0.15, -0.1) is 0 Å². The van der Waals surface area contributed by atoms with Crippen molar-refractivity contribution in [3.63, 3.8) is 0 Å². The molecule has 0 spiro atoms. The fraction of sp³-hybridized carbons (Fsp3) is 0.833. The summed E-state index contributed by atoms with van der Waals surface area (Å²) in [6.07, 6.45) is -7.77. The van der Waals surface area contributed by atoms with Crippen LogP contribution in [0.1, 0.15) is 79.6 Å². The summed E-state index contributed by atoms with van der Waals surface area (Å²) in [7, 11) is -1.11. The molecule has 1 aromatic heterocycles. The van der Waals surface area contributed by atoms with Crippen molar-refractivity contribution in [2.45, 2.75) is 84.0 Å². The van der Waals surface area contributed by atoms with Gasteiger partial charge in [-0.05, 0) is 61.2 Å². The average molecular weight is 387 g/mol. The van der Waals surface area contributed by atoms with Crippen molar-refractivity contribution in [2.75, 3.05) is 13.0 Å². The van der Waals surface area contributed by atoms with Gasteiger partial charge in [-0.2, -0.15) is 15.0 Å². The molecule has 0 unspecified atom stereocenters. The summed E-state index contributed by atoms with van der Waals surface area (Å²) >= 11 is 0. The Bertz CT molecular complexity index is 1010. The van der Waals surface area contributed by atoms with Gasteiger partial charge in [0.2, 0.25) is 0 Å². The molecule has 0 bridgehead atoms. The van der Waals surface area contributed by atoms with Crippen LogP contribution in [0.4, 0.5) is 4.79 Å². The molecule has 2 fully saturated rings. The Balaban J connectivity index is 2.14. The summed E-state index contributed by atoms with van der Waals surface area (Å²) in [6, 6.07) is -3.44. The number of carbonyl (C=O) groups excluding carboxylic acids is 1. The Kier molecular flexibility index (Phi) is 2.86. The smallest absolute Gasteiger partial charge is 0.444 e. The number of rotatable bonds is 2. The van der Waals surface area contributed by atoms with Gasteiger partial charge in [-0.1, -0.05) is 0 Å². The van der Waals surface area contributed by atoms with Crippen LogP contribution < -0.4 is 5.59 Å². The Morgan fingerprint density at radius 3 is 2.37 bits per heavy atom. The molecule has 150 valence electrons. The maximum Gasteiger partial charge on any atom is 0.518 e. The number of likely N-dealkylation sites (tertiary alicyclic amines) is 1. The van der Waals surface area contributed by atoms with Crippen LogP contribution in [0.15, 0.2) is 6.20 Å². The van der Waals surface area contributed by atoms with E-state index in [0.29, 0.717) is 0 Å². The van der Waals surface area contributed by atoms with Crippen LogP contribution in [-0.4, -0.2) is 62.9 Å². The molecule has 1 amide bonds. The zero-order valence-electron chi connectivity index (χ0n) is 25.6. The number of hydrogen-bond acceptors (Lipinski definition) is 6. The highest BCUT2D eigenvalue weighted by Crippen LogP contribution is 2.36. The van der Waals surface area contributed by atoms with E-state index in [-0.39, 0.29) is 15.3 Å². The first-order chi connectivity index (χ1) is 15.8. The van der Waals surface area contributed by atoms with Crippen LogP contribution in [0, 0.1) is 0 Å². The topological polar surface area (TPSA) is 78.7 Å². The van der Waals surface area contributed by atoms with Crippen molar-refractivity contribution in [1.82, 2.24) is 19.9 Å². The Morgan fingerprint density at radius 1 is 1.30 bits per heavy atom. The van der Waals surface area contributed by atoms with Crippen LogP contribution in [0.25, 0.3) is 0 Å². The standard InChI is InChI=1S/C18H31BN4O4/c1-16(2,3)25-15(24)22-10-8-13(9-11-22)23-20-12-14(21-23)19-26-17(4,5)18(6,7)27-19/h12-13H,8-11H2,1-7H3/i8D2,9D2,10D2,11D2,13D. The summed E-state index contributed by atoms with van der Waals surface area (Å²) in [5.41, 5.74) is -2.84. The van der Waals surface area contributed by atoms with Crippen molar-refractivity contribution >= 4 is 18.8 Å². The third kappa shape index (κ3) is 4.29. The van der Waals surface area contributed by atoms with Gasteiger partial charge in [0.15, 0.2) is 0 Å². The van der Waals surface area contributed by atoms with Gasteiger partial charge >= 0.3 is 13.2 Å². The molecule has 8 nitrogen and oxygen atoms in total. The molecule has 2 aliphatic heterocycles. The monoisotopic (exact) mass is 387 g/mol. The Hall–Kier alpha value is -1.61. The zero-order chi connectivity index (χ0) is 28.1. The number of carbonyl (C=O) groups is 1. The number of amides is 1. The third-order valence-electron chi connectivity index (χ3n) is 4.35. The normalized spacial score (nSPS) is 36.5. The molecular formula is C18H31BN4O4. The molecule has 2 saturated heterocycles. The minimum atomic E-state index is -3.60. The Labute approximate surface area is 174 Å². The predicted molar refractivity (Wildman–Crippen MR) is 102 cm³/mol. The average Bonchev–Trinajstić information content (AvgIpc) is 3.20. The molecule has 3 rings (SSSR count). The fourth-order valence-electron chi connectivity index (χ4n) is 2.23. The summed E-state index contributed by atoms with van der Waals surface area (Å²) in [4.78, 5) is 12.8. The molecule has 0 aliphatic carbocycles. The van der Waals surface area contributed by atoms with E-state index in [9.17, 15) is 4.79 Å². The van der Waals surface area contributed by atoms with Gasteiger partial charge in [0, 0.05) is 24.0 Å². The zero-order valence-corrected chi connectivity index (χ0v) is 16.6. The second-order valence-corrected chi connectivity index (χ2v) is 8.29. The molecule has 0 aromatic carbocycles. The van der Waals surface area contributed by atoms with Crippen molar-refractivity contribution in [1.29, 1.82) is 0 Å². The molecule has 3 heterocycles. The van der Waals surface area contributed by atoms with Gasteiger partial charge in [0.05, 0.1) is 24.8 Å². The van der Waals surface area contributed by atoms with Gasteiger partial charge in [0.25, 0.3) is 0 Å². The largest absolute Gasteiger partial charge is 0.518 e. The highest BCUT2D eigenvalue weighted by molar-refractivity contribution is 6.61. The summed E-state index contributed by atoms with van der Waals surface area (Å²) in [5.74, 6) is 0. The van der Waals surface area contributed by atoms with Gasteiger partial charge in [-0.3, -0.25) is 0 Å². The fourth-order valence-corrected chi connectivity index (χ4v) is 2.23. The maximum absolute atomic E-state index is 12.8. The van der Waals surface area contributed by atoms with Crippen molar-refractivity contribution in [3.05, 3.63) is 6.20 Å². The van der Waals surface area contributed by atoms with E-state index >= 15 is 0 Å². The van der Waals surface area contributed by atoms with Crippen molar-refractivity contribution in [2.24, 2.45) is 0 Å². The molecule has 1 aromatic rings. The van der Waals surface area contributed by atoms with E-state index in [1.54, 1.807) is 27.7 Å². The third-order valence-corrected chi connectivity index (χ3v) is 4.35. The SMILES string of the molecule is [2H]C1([2H])N(C(=O)OC(C)(C)C)C([2H])([2H])C([2H])([2H])C([2H])(n2ncc(B3OC(C)(C)C(C)(C)O3)n2)C1([2H])[2H]. The first-order valence-electron chi connectivity index (χ1n) is 13.1. The molecule has 0 radical (unpaired) electrons. The van der Waals surface area contributed by atoms with E-state index in [0.717, 1.165) is 6.20 Å². The summed E-state index contributed by atoms with van der Waals surface area (Å²) in [5, 5.41) is 7.80. The van der Waals surface area contributed by atoms with Crippen molar-refractivity contribution in [3.8, 4) is 0 Å². The van der Waals surface area contributed by atoms with Crippen LogP contribution >= 0.6 is 0 Å². The lowest BCUT2D eigenvalue weighted by Gasteiger charge is -2.33. The molecule has 2 aliphatic rings. The quantitative estimate of drug-likeness (QED) is 0.724. The second kappa shape index (κ2) is 6.77. The molecule has 27 heavy (non-hydrogen) atoms. The lowest BCUT2D eigenvalue weighted by Crippen LogP contribution is -2.42. The van der Waals surface area contributed by atoms with Crippen LogP contribution in [-0.2, 0) is 14.0 Å². The summed E-state index contributed by atoms with van der Waals surface area (Å²) < 4.78 is 93.5. The Morgan fingerprint density at radius 2 is 1.85 bits per heavy atom. The first-order valence-corrected chi connectivity index (χ1v) is 8.60. The van der Waals surface area contributed by atoms with E-state index in [1.165, 1.54) is 20.8 Å². The van der Waals surface area contributed by atoms with Crippen LogP contribution in [0.2, 0.25) is 0 Å². The number of hydrogen-bond donors (Lipinski definition) is 0. The van der Waals surface area contributed by atoms with Gasteiger partial charge in [-0.25, -0.2) is 4.79 Å². The molecule has 9 heteroatoms. The lowest BCUT2D eigenvalue weighted by atomic mass is 9.86. The molecule has 0 N–H and O–H groups in total. The first kappa shape index (κ1) is 11.4. The van der Waals surface area contributed by atoms with Gasteiger partial charge in [0.1, 0.15) is 11.2 Å². The van der Waals surface area contributed by atoms with Crippen LogP contribution in [0.3, 0.4) is 0 Å². The second-order valence-electron chi connectivity index (χ2n) is 8.29. The van der Waals surface area contributed by atoms with E-state index < -0.39 is 61.8 Å². The maximum atomic E-state index is 12.8. The van der Waals surface area contributed by atoms with E-state index in [4.69, 9.17) is 26.4 Å². The molecular weight excluding hydrogens is 347 g/mol. The number of nitrogens with zero attached hydrogens (tertiary/aromatic N) is 4. The highest BCUT2D eigenvalue weighted by atomic mass is 16.7. The minimum absolute atomic E-state index is 0.0532. The lowest BCUT2D eigenvalue weighted by molar-refractivity contribution is 0.00578. The van der Waals surface area contributed by atoms with E-state index in [1.807, 2.05) is 0 Å². The van der Waals surface area contributed by atoms with E-state index in [2.05, 4.69) is 10.2 Å².